The molecule has 1 fully saturated rings. The summed E-state index contributed by atoms with van der Waals surface area (Å²) in [6, 6.07) is 7.41. The van der Waals surface area contributed by atoms with Crippen LogP contribution in [0.15, 0.2) is 24.3 Å². The van der Waals surface area contributed by atoms with E-state index in [4.69, 9.17) is 4.74 Å². The highest BCUT2D eigenvalue weighted by atomic mass is 16.5. The molecule has 0 bridgehead atoms. The lowest BCUT2D eigenvalue weighted by atomic mass is 9.94. The van der Waals surface area contributed by atoms with E-state index in [1.807, 2.05) is 31.2 Å². The Labute approximate surface area is 138 Å². The van der Waals surface area contributed by atoms with Crippen molar-refractivity contribution in [1.82, 2.24) is 10.2 Å². The van der Waals surface area contributed by atoms with Crippen LogP contribution in [0.5, 0.6) is 0 Å². The molecule has 5 nitrogen and oxygen atoms in total. The molecule has 5 heteroatoms. The molecule has 2 amide bonds. The molecule has 0 aromatic heterocycles. The molecule has 0 spiro atoms. The van der Waals surface area contributed by atoms with Gasteiger partial charge >= 0.3 is 0 Å². The van der Waals surface area contributed by atoms with Crippen LogP contribution in [0.3, 0.4) is 0 Å². The van der Waals surface area contributed by atoms with Crippen molar-refractivity contribution in [3.8, 4) is 0 Å². The molecule has 1 N–H and O–H groups in total. The number of rotatable bonds is 5. The molecule has 1 aromatic rings. The quantitative estimate of drug-likeness (QED) is 0.904. The minimum absolute atomic E-state index is 0.0544. The number of likely N-dealkylation sites (N-methyl/N-ethyl adjacent to an activating group) is 1. The number of aryl methyl sites for hydroxylation is 1. The Morgan fingerprint density at radius 1 is 1.39 bits per heavy atom. The number of carbonyl (C=O) groups excluding carboxylic acids is 2. The third-order valence-corrected chi connectivity index (χ3v) is 4.27. The summed E-state index contributed by atoms with van der Waals surface area (Å²) in [6.07, 6.45) is 0.244. The first-order chi connectivity index (χ1) is 10.9. The third kappa shape index (κ3) is 4.10. The van der Waals surface area contributed by atoms with E-state index in [9.17, 15) is 9.59 Å². The number of amides is 2. The fourth-order valence-electron chi connectivity index (χ4n) is 2.81. The first kappa shape index (κ1) is 17.5. The Morgan fingerprint density at radius 3 is 2.74 bits per heavy atom. The second kappa shape index (κ2) is 7.59. The van der Waals surface area contributed by atoms with E-state index in [0.29, 0.717) is 12.5 Å². The highest BCUT2D eigenvalue weighted by Crippen LogP contribution is 2.31. The van der Waals surface area contributed by atoms with Crippen molar-refractivity contribution in [3.05, 3.63) is 35.4 Å². The first-order valence-corrected chi connectivity index (χ1v) is 8.12. The number of nitrogens with one attached hydrogen (secondary N) is 1. The molecule has 2 atom stereocenters. The van der Waals surface area contributed by atoms with E-state index in [1.165, 1.54) is 0 Å². The Balaban J connectivity index is 2.20. The van der Waals surface area contributed by atoms with Gasteiger partial charge in [-0.1, -0.05) is 38.1 Å². The zero-order valence-corrected chi connectivity index (χ0v) is 14.3. The molecule has 1 saturated heterocycles. The van der Waals surface area contributed by atoms with Gasteiger partial charge in [0.05, 0.1) is 6.04 Å². The van der Waals surface area contributed by atoms with Crippen LogP contribution in [0.2, 0.25) is 0 Å². The van der Waals surface area contributed by atoms with Crippen LogP contribution >= 0.6 is 0 Å². The van der Waals surface area contributed by atoms with Crippen molar-refractivity contribution in [2.24, 2.45) is 5.92 Å². The minimum Gasteiger partial charge on any atom is -0.356 e. The van der Waals surface area contributed by atoms with Gasteiger partial charge in [0, 0.05) is 13.6 Å². The first-order valence-electron chi connectivity index (χ1n) is 8.12. The second-order valence-corrected chi connectivity index (χ2v) is 6.51. The van der Waals surface area contributed by atoms with Gasteiger partial charge < -0.3 is 15.0 Å². The topological polar surface area (TPSA) is 58.6 Å². The van der Waals surface area contributed by atoms with Gasteiger partial charge in [-0.3, -0.25) is 9.59 Å². The smallest absolute Gasteiger partial charge is 0.251 e. The normalized spacial score (nSPS) is 21.6. The maximum Gasteiger partial charge on any atom is 0.251 e. The van der Waals surface area contributed by atoms with E-state index in [2.05, 4.69) is 19.2 Å². The predicted molar refractivity (Wildman–Crippen MR) is 88.9 cm³/mol. The molecule has 1 aromatic carbocycles. The number of hydrogen-bond acceptors (Lipinski definition) is 3. The lowest BCUT2D eigenvalue weighted by molar-refractivity contribution is -0.162. The number of hydrogen-bond donors (Lipinski definition) is 1. The van der Waals surface area contributed by atoms with Gasteiger partial charge in [-0.05, 0) is 30.4 Å². The molecule has 23 heavy (non-hydrogen) atoms. The molecule has 1 heterocycles. The van der Waals surface area contributed by atoms with Gasteiger partial charge in [-0.15, -0.1) is 0 Å². The number of benzene rings is 1. The molecule has 2 rings (SSSR count). The van der Waals surface area contributed by atoms with Gasteiger partial charge in [0.25, 0.3) is 5.91 Å². The summed E-state index contributed by atoms with van der Waals surface area (Å²) in [4.78, 5) is 26.2. The molecular formula is C18H26N2O3. The maximum absolute atomic E-state index is 12.6. The van der Waals surface area contributed by atoms with Crippen LogP contribution < -0.4 is 5.32 Å². The molecule has 0 radical (unpaired) electrons. The SMILES string of the molecule is Cc1ccccc1C1C(C(=O)NCCC(C)C)OCC(=O)N1C. The number of nitrogens with zero attached hydrogens (tertiary/aromatic N) is 1. The van der Waals surface area contributed by atoms with Crippen LogP contribution in [0.1, 0.15) is 37.4 Å². The van der Waals surface area contributed by atoms with E-state index in [1.54, 1.807) is 11.9 Å². The fraction of sp³-hybridized carbons (Fsp3) is 0.556. The molecule has 1 aliphatic heterocycles. The summed E-state index contributed by atoms with van der Waals surface area (Å²) in [7, 11) is 1.73. The van der Waals surface area contributed by atoms with Crippen molar-refractivity contribution in [1.29, 1.82) is 0 Å². The molecule has 2 unspecified atom stereocenters. The summed E-state index contributed by atoms with van der Waals surface area (Å²) < 4.78 is 5.60. The second-order valence-electron chi connectivity index (χ2n) is 6.51. The Kier molecular flexibility index (Phi) is 5.77. The summed E-state index contributed by atoms with van der Waals surface area (Å²) in [5, 5.41) is 2.94. The number of carbonyl (C=O) groups is 2. The third-order valence-electron chi connectivity index (χ3n) is 4.27. The zero-order chi connectivity index (χ0) is 17.0. The van der Waals surface area contributed by atoms with Crippen LogP contribution in [-0.2, 0) is 14.3 Å². The van der Waals surface area contributed by atoms with Gasteiger partial charge in [0.1, 0.15) is 6.61 Å². The lowest BCUT2D eigenvalue weighted by Gasteiger charge is -2.39. The highest BCUT2D eigenvalue weighted by Gasteiger charge is 2.40. The summed E-state index contributed by atoms with van der Waals surface area (Å²) in [5.41, 5.74) is 2.00. The fourth-order valence-corrected chi connectivity index (χ4v) is 2.81. The van der Waals surface area contributed by atoms with Gasteiger partial charge in [-0.25, -0.2) is 0 Å². The Morgan fingerprint density at radius 2 is 2.09 bits per heavy atom. The maximum atomic E-state index is 12.6. The van der Waals surface area contributed by atoms with E-state index < -0.39 is 12.1 Å². The van der Waals surface area contributed by atoms with Crippen LogP contribution in [0, 0.1) is 12.8 Å². The average Bonchev–Trinajstić information content (AvgIpc) is 2.50. The van der Waals surface area contributed by atoms with Crippen molar-refractivity contribution < 1.29 is 14.3 Å². The van der Waals surface area contributed by atoms with Gasteiger partial charge in [-0.2, -0.15) is 0 Å². The lowest BCUT2D eigenvalue weighted by Crippen LogP contribution is -2.53. The molecule has 126 valence electrons. The van der Waals surface area contributed by atoms with Gasteiger partial charge in [0.15, 0.2) is 6.10 Å². The van der Waals surface area contributed by atoms with E-state index in [0.717, 1.165) is 17.5 Å². The molecule has 1 aliphatic rings. The minimum atomic E-state index is -0.675. The zero-order valence-electron chi connectivity index (χ0n) is 14.3. The van der Waals surface area contributed by atoms with Crippen molar-refractivity contribution in [3.63, 3.8) is 0 Å². The molecular weight excluding hydrogens is 292 g/mol. The largest absolute Gasteiger partial charge is 0.356 e. The summed E-state index contributed by atoms with van der Waals surface area (Å²) in [6.45, 7) is 6.78. The van der Waals surface area contributed by atoms with E-state index in [-0.39, 0.29) is 18.4 Å². The van der Waals surface area contributed by atoms with Crippen LogP contribution in [0.4, 0.5) is 0 Å². The number of morpholine rings is 1. The predicted octanol–water partition coefficient (Wildman–Crippen LogP) is 2.06. The van der Waals surface area contributed by atoms with Crippen LogP contribution in [-0.4, -0.2) is 43.0 Å². The Bertz CT molecular complexity index is 571. The van der Waals surface area contributed by atoms with Crippen molar-refractivity contribution in [2.45, 2.75) is 39.3 Å². The van der Waals surface area contributed by atoms with Crippen molar-refractivity contribution >= 4 is 11.8 Å². The number of ether oxygens (including phenoxy) is 1. The average molecular weight is 318 g/mol. The van der Waals surface area contributed by atoms with Gasteiger partial charge in [0.2, 0.25) is 5.91 Å². The van der Waals surface area contributed by atoms with E-state index >= 15 is 0 Å². The van der Waals surface area contributed by atoms with Crippen molar-refractivity contribution in [2.75, 3.05) is 20.2 Å². The molecule has 0 aliphatic carbocycles. The highest BCUT2D eigenvalue weighted by molar-refractivity contribution is 5.86. The molecule has 0 saturated carbocycles. The summed E-state index contributed by atoms with van der Waals surface area (Å²) in [5.74, 6) is 0.265. The standard InChI is InChI=1S/C18H26N2O3/c1-12(2)9-10-19-18(22)17-16(20(4)15(21)11-23-17)14-8-6-5-7-13(14)3/h5-8,12,16-17H,9-11H2,1-4H3,(H,19,22). The summed E-state index contributed by atoms with van der Waals surface area (Å²) >= 11 is 0. The van der Waals surface area contributed by atoms with Crippen LogP contribution in [0.25, 0.3) is 0 Å². The monoisotopic (exact) mass is 318 g/mol. The Hall–Kier alpha value is -1.88.